The van der Waals surface area contributed by atoms with Gasteiger partial charge in [-0.3, -0.25) is 0 Å². The number of aromatic amines is 1. The van der Waals surface area contributed by atoms with E-state index in [1.165, 1.54) is 0 Å². The zero-order valence-electron chi connectivity index (χ0n) is 7.18. The molecule has 0 aliphatic carbocycles. The highest BCUT2D eigenvalue weighted by Crippen LogP contribution is 2.26. The lowest BCUT2D eigenvalue weighted by Gasteiger charge is -2.02. The highest BCUT2D eigenvalue weighted by Gasteiger charge is 2.04. The van der Waals surface area contributed by atoms with Crippen molar-refractivity contribution in [2.75, 3.05) is 6.54 Å². The molecule has 0 saturated heterocycles. The number of hydrogen-bond donors (Lipinski definition) is 2. The molecule has 2 aromatic rings. The average Bonchev–Trinajstić information content (AvgIpc) is 2.58. The first-order chi connectivity index (χ1) is 6.33. The maximum atomic E-state index is 6.19. The van der Waals surface area contributed by atoms with E-state index in [1.807, 2.05) is 24.4 Å². The summed E-state index contributed by atoms with van der Waals surface area (Å²) in [5.41, 5.74) is 7.68. The van der Waals surface area contributed by atoms with Crippen molar-refractivity contribution in [1.82, 2.24) is 4.98 Å². The summed E-state index contributed by atoms with van der Waals surface area (Å²) in [6, 6.07) is 6.04. The molecule has 1 aromatic heterocycles. The second-order valence-electron chi connectivity index (χ2n) is 3.02. The molecule has 0 radical (unpaired) electrons. The Labute approximate surface area is 81.7 Å². The van der Waals surface area contributed by atoms with Gasteiger partial charge in [-0.25, -0.2) is 0 Å². The number of rotatable bonds is 2. The van der Waals surface area contributed by atoms with Crippen LogP contribution in [0.4, 0.5) is 0 Å². The molecule has 0 aliphatic heterocycles. The summed E-state index contributed by atoms with van der Waals surface area (Å²) < 4.78 is 0. The number of nitrogens with one attached hydrogen (secondary N) is 1. The number of fused-ring (bicyclic) bond motifs is 1. The molecule has 1 aromatic carbocycles. The molecule has 1 heterocycles. The van der Waals surface area contributed by atoms with Gasteiger partial charge in [0.25, 0.3) is 0 Å². The summed E-state index contributed by atoms with van der Waals surface area (Å²) in [4.78, 5) is 3.11. The van der Waals surface area contributed by atoms with E-state index in [9.17, 15) is 0 Å². The first kappa shape index (κ1) is 8.60. The van der Waals surface area contributed by atoms with Crippen molar-refractivity contribution in [1.29, 1.82) is 0 Å². The number of halogens is 1. The van der Waals surface area contributed by atoms with Crippen molar-refractivity contribution in [3.63, 3.8) is 0 Å². The standard InChI is InChI=1S/C10H11ClN2/c11-10-7(3-5-12)1-2-9-8(10)4-6-13-9/h1-2,4,6,13H,3,5,12H2. The fraction of sp³-hybridized carbons (Fsp3) is 0.200. The first-order valence-electron chi connectivity index (χ1n) is 4.27. The van der Waals surface area contributed by atoms with E-state index >= 15 is 0 Å². The van der Waals surface area contributed by atoms with Gasteiger partial charge in [0.15, 0.2) is 0 Å². The zero-order chi connectivity index (χ0) is 9.26. The smallest absolute Gasteiger partial charge is 0.0532 e. The third kappa shape index (κ3) is 1.43. The summed E-state index contributed by atoms with van der Waals surface area (Å²) in [5, 5.41) is 1.90. The van der Waals surface area contributed by atoms with Gasteiger partial charge in [0.1, 0.15) is 0 Å². The topological polar surface area (TPSA) is 41.8 Å². The Kier molecular flexibility index (Phi) is 2.25. The highest BCUT2D eigenvalue weighted by molar-refractivity contribution is 6.36. The summed E-state index contributed by atoms with van der Waals surface area (Å²) >= 11 is 6.19. The first-order valence-corrected chi connectivity index (χ1v) is 4.65. The molecule has 3 N–H and O–H groups in total. The molecule has 68 valence electrons. The van der Waals surface area contributed by atoms with Crippen LogP contribution in [0.25, 0.3) is 10.9 Å². The Hall–Kier alpha value is -0.990. The van der Waals surface area contributed by atoms with Crippen LogP contribution in [-0.2, 0) is 6.42 Å². The number of aromatic nitrogens is 1. The Bertz CT molecular complexity index is 420. The normalized spacial score (nSPS) is 10.9. The van der Waals surface area contributed by atoms with Crippen molar-refractivity contribution in [2.45, 2.75) is 6.42 Å². The van der Waals surface area contributed by atoms with E-state index in [1.54, 1.807) is 0 Å². The summed E-state index contributed by atoms with van der Waals surface area (Å²) in [6.07, 6.45) is 2.72. The molecular formula is C10H11ClN2. The Morgan fingerprint density at radius 3 is 2.92 bits per heavy atom. The molecule has 0 bridgehead atoms. The minimum atomic E-state index is 0.635. The maximum Gasteiger partial charge on any atom is 0.0532 e. The molecule has 0 unspecified atom stereocenters. The Balaban J connectivity index is 2.59. The molecule has 3 heteroatoms. The van der Waals surface area contributed by atoms with Gasteiger partial charge in [-0.2, -0.15) is 0 Å². The van der Waals surface area contributed by atoms with Crippen molar-refractivity contribution in [3.8, 4) is 0 Å². The number of hydrogen-bond acceptors (Lipinski definition) is 1. The van der Waals surface area contributed by atoms with Crippen LogP contribution >= 0.6 is 11.6 Å². The van der Waals surface area contributed by atoms with E-state index < -0.39 is 0 Å². The van der Waals surface area contributed by atoms with Gasteiger partial charge >= 0.3 is 0 Å². The molecule has 0 atom stereocenters. The van der Waals surface area contributed by atoms with Crippen LogP contribution in [0.15, 0.2) is 24.4 Å². The van der Waals surface area contributed by atoms with E-state index in [0.29, 0.717) is 6.54 Å². The largest absolute Gasteiger partial charge is 0.361 e. The van der Waals surface area contributed by atoms with Crippen molar-refractivity contribution in [3.05, 3.63) is 35.0 Å². The minimum Gasteiger partial charge on any atom is -0.361 e. The van der Waals surface area contributed by atoms with Crippen LogP contribution in [-0.4, -0.2) is 11.5 Å². The van der Waals surface area contributed by atoms with Gasteiger partial charge in [0.2, 0.25) is 0 Å². The second kappa shape index (κ2) is 3.40. The fourth-order valence-corrected chi connectivity index (χ4v) is 1.81. The van der Waals surface area contributed by atoms with Crippen LogP contribution in [0.5, 0.6) is 0 Å². The zero-order valence-corrected chi connectivity index (χ0v) is 7.93. The SMILES string of the molecule is NCCc1ccc2[nH]ccc2c1Cl. The molecule has 13 heavy (non-hydrogen) atoms. The third-order valence-electron chi connectivity index (χ3n) is 2.16. The predicted octanol–water partition coefficient (Wildman–Crippen LogP) is 2.32. The van der Waals surface area contributed by atoms with Crippen LogP contribution in [0.2, 0.25) is 5.02 Å². The summed E-state index contributed by atoms with van der Waals surface area (Å²) in [6.45, 7) is 0.635. The van der Waals surface area contributed by atoms with Crippen LogP contribution in [0.1, 0.15) is 5.56 Å². The predicted molar refractivity (Wildman–Crippen MR) is 56.1 cm³/mol. The Morgan fingerprint density at radius 2 is 2.15 bits per heavy atom. The van der Waals surface area contributed by atoms with Crippen molar-refractivity contribution in [2.24, 2.45) is 5.73 Å². The van der Waals surface area contributed by atoms with E-state index in [4.69, 9.17) is 17.3 Å². The number of nitrogens with two attached hydrogens (primary N) is 1. The molecule has 0 saturated carbocycles. The summed E-state index contributed by atoms with van der Waals surface area (Å²) in [7, 11) is 0. The summed E-state index contributed by atoms with van der Waals surface area (Å²) in [5.74, 6) is 0. The molecule has 0 spiro atoms. The van der Waals surface area contributed by atoms with Crippen LogP contribution in [0.3, 0.4) is 0 Å². The van der Waals surface area contributed by atoms with E-state index in [-0.39, 0.29) is 0 Å². The lowest BCUT2D eigenvalue weighted by atomic mass is 10.1. The quantitative estimate of drug-likeness (QED) is 0.757. The lowest BCUT2D eigenvalue weighted by Crippen LogP contribution is -2.02. The van der Waals surface area contributed by atoms with Gasteiger partial charge in [0, 0.05) is 17.1 Å². The van der Waals surface area contributed by atoms with Crippen LogP contribution < -0.4 is 5.73 Å². The monoisotopic (exact) mass is 194 g/mol. The maximum absolute atomic E-state index is 6.19. The van der Waals surface area contributed by atoms with Gasteiger partial charge in [-0.1, -0.05) is 17.7 Å². The molecule has 0 fully saturated rings. The average molecular weight is 195 g/mol. The van der Waals surface area contributed by atoms with Gasteiger partial charge in [0.05, 0.1) is 5.02 Å². The fourth-order valence-electron chi connectivity index (χ4n) is 1.49. The highest BCUT2D eigenvalue weighted by atomic mass is 35.5. The molecule has 2 rings (SSSR count). The van der Waals surface area contributed by atoms with Crippen molar-refractivity contribution < 1.29 is 0 Å². The molecule has 0 amide bonds. The number of benzene rings is 1. The van der Waals surface area contributed by atoms with Gasteiger partial charge in [-0.05, 0) is 30.7 Å². The lowest BCUT2D eigenvalue weighted by molar-refractivity contribution is 0.971. The molecule has 2 nitrogen and oxygen atoms in total. The minimum absolute atomic E-state index is 0.635. The van der Waals surface area contributed by atoms with Crippen molar-refractivity contribution >= 4 is 22.5 Å². The van der Waals surface area contributed by atoms with Gasteiger partial charge in [-0.15, -0.1) is 0 Å². The van der Waals surface area contributed by atoms with E-state index in [0.717, 1.165) is 27.9 Å². The van der Waals surface area contributed by atoms with Gasteiger partial charge < -0.3 is 10.7 Å². The second-order valence-corrected chi connectivity index (χ2v) is 3.39. The van der Waals surface area contributed by atoms with Crippen LogP contribution in [0, 0.1) is 0 Å². The molecule has 0 aliphatic rings. The Morgan fingerprint density at radius 1 is 1.31 bits per heavy atom. The molecular weight excluding hydrogens is 184 g/mol. The third-order valence-corrected chi connectivity index (χ3v) is 2.61. The van der Waals surface area contributed by atoms with E-state index in [2.05, 4.69) is 4.98 Å². The number of H-pyrrole nitrogens is 1.